The van der Waals surface area contributed by atoms with E-state index in [-0.39, 0.29) is 17.7 Å². The third-order valence-electron chi connectivity index (χ3n) is 3.42. The first-order valence-electron chi connectivity index (χ1n) is 6.86. The molecule has 0 unspecified atom stereocenters. The molecule has 0 aromatic heterocycles. The van der Waals surface area contributed by atoms with Crippen molar-refractivity contribution < 1.29 is 9.59 Å². The Hall–Kier alpha value is -1.84. The first kappa shape index (κ1) is 13.6. The lowest BCUT2D eigenvalue weighted by Crippen LogP contribution is -2.34. The van der Waals surface area contributed by atoms with Crippen LogP contribution in [0.4, 0.5) is 10.5 Å². The lowest BCUT2D eigenvalue weighted by molar-refractivity contribution is 0.0967. The summed E-state index contributed by atoms with van der Waals surface area (Å²) in [5.41, 5.74) is 1.47. The van der Waals surface area contributed by atoms with Gasteiger partial charge in [0.1, 0.15) is 0 Å². The van der Waals surface area contributed by atoms with E-state index >= 15 is 0 Å². The molecule has 4 nitrogen and oxygen atoms in total. The molecule has 1 aromatic carbocycles. The fourth-order valence-corrected chi connectivity index (χ4v) is 2.01. The Kier molecular flexibility index (Phi) is 4.20. The molecule has 1 N–H and O–H groups in total. The molecule has 19 heavy (non-hydrogen) atoms. The van der Waals surface area contributed by atoms with Crippen molar-refractivity contribution in [2.75, 3.05) is 18.4 Å². The van der Waals surface area contributed by atoms with Gasteiger partial charge in [0, 0.05) is 30.3 Å². The maximum Gasteiger partial charge on any atom is 0.321 e. The molecule has 102 valence electrons. The number of urea groups is 1. The first-order valence-corrected chi connectivity index (χ1v) is 6.86. The Morgan fingerprint density at radius 2 is 1.74 bits per heavy atom. The zero-order valence-corrected chi connectivity index (χ0v) is 11.5. The van der Waals surface area contributed by atoms with E-state index in [1.165, 1.54) is 0 Å². The average Bonchev–Trinajstić information content (AvgIpc) is 3.24. The summed E-state index contributed by atoms with van der Waals surface area (Å²) in [6.45, 7) is 5.25. The summed E-state index contributed by atoms with van der Waals surface area (Å²) in [7, 11) is 0. The summed E-state index contributed by atoms with van der Waals surface area (Å²) < 4.78 is 0. The van der Waals surface area contributed by atoms with Gasteiger partial charge in [-0.3, -0.25) is 4.79 Å². The predicted octanol–water partition coefficient (Wildman–Crippen LogP) is 3.15. The number of nitrogens with zero attached hydrogens (tertiary/aromatic N) is 1. The molecule has 4 heteroatoms. The molecule has 0 spiro atoms. The smallest absolute Gasteiger partial charge is 0.321 e. The van der Waals surface area contributed by atoms with Crippen LogP contribution in [-0.4, -0.2) is 29.8 Å². The summed E-state index contributed by atoms with van der Waals surface area (Å²) in [6, 6.07) is 7.05. The molecule has 0 radical (unpaired) electrons. The third-order valence-corrected chi connectivity index (χ3v) is 3.42. The van der Waals surface area contributed by atoms with Gasteiger partial charge in [-0.2, -0.15) is 0 Å². The molecule has 1 saturated carbocycles. The molecule has 0 saturated heterocycles. The largest absolute Gasteiger partial charge is 0.325 e. The zero-order chi connectivity index (χ0) is 13.8. The highest BCUT2D eigenvalue weighted by molar-refractivity contribution is 6.00. The number of carbonyl (C=O) groups is 2. The van der Waals surface area contributed by atoms with Crippen molar-refractivity contribution in [3.63, 3.8) is 0 Å². The molecule has 0 heterocycles. The topological polar surface area (TPSA) is 49.4 Å². The van der Waals surface area contributed by atoms with E-state index in [0.29, 0.717) is 13.1 Å². The summed E-state index contributed by atoms with van der Waals surface area (Å²) >= 11 is 0. The van der Waals surface area contributed by atoms with Gasteiger partial charge < -0.3 is 10.2 Å². The molecular formula is C15H20N2O2. The lowest BCUT2D eigenvalue weighted by Gasteiger charge is -2.19. The third kappa shape index (κ3) is 3.34. The van der Waals surface area contributed by atoms with E-state index in [9.17, 15) is 9.59 Å². The Balaban J connectivity index is 1.98. The Labute approximate surface area is 113 Å². The number of anilines is 1. The Morgan fingerprint density at radius 1 is 1.16 bits per heavy atom. The van der Waals surface area contributed by atoms with Crippen LogP contribution < -0.4 is 5.32 Å². The molecule has 1 fully saturated rings. The first-order chi connectivity index (χ1) is 9.15. The van der Waals surface area contributed by atoms with Crippen LogP contribution in [0.25, 0.3) is 0 Å². The highest BCUT2D eigenvalue weighted by Gasteiger charge is 2.30. The van der Waals surface area contributed by atoms with Gasteiger partial charge in [-0.25, -0.2) is 4.79 Å². The SMILES string of the molecule is CCN(CC)C(=O)Nc1ccc(C(=O)C2CC2)cc1. The number of ketones is 1. The van der Waals surface area contributed by atoms with Crippen molar-refractivity contribution in [2.45, 2.75) is 26.7 Å². The van der Waals surface area contributed by atoms with Crippen molar-refractivity contribution in [3.05, 3.63) is 29.8 Å². The second-order valence-electron chi connectivity index (χ2n) is 4.82. The Morgan fingerprint density at radius 3 is 2.21 bits per heavy atom. The van der Waals surface area contributed by atoms with Gasteiger partial charge in [0.15, 0.2) is 5.78 Å². The fraction of sp³-hybridized carbons (Fsp3) is 0.467. The minimum atomic E-state index is -0.105. The summed E-state index contributed by atoms with van der Waals surface area (Å²) in [4.78, 5) is 25.4. The van der Waals surface area contributed by atoms with E-state index < -0.39 is 0 Å². The van der Waals surface area contributed by atoms with Crippen LogP contribution in [0.3, 0.4) is 0 Å². The predicted molar refractivity (Wildman–Crippen MR) is 75.4 cm³/mol. The number of benzene rings is 1. The van der Waals surface area contributed by atoms with Crippen molar-refractivity contribution in [2.24, 2.45) is 5.92 Å². The average molecular weight is 260 g/mol. The molecule has 1 aliphatic rings. The number of Topliss-reactive ketones (excluding diaryl/α,β-unsaturated/α-hetero) is 1. The summed E-state index contributed by atoms with van der Waals surface area (Å²) in [5.74, 6) is 0.456. The van der Waals surface area contributed by atoms with Crippen molar-refractivity contribution in [1.29, 1.82) is 0 Å². The zero-order valence-electron chi connectivity index (χ0n) is 11.5. The quantitative estimate of drug-likeness (QED) is 0.827. The normalized spacial score (nSPS) is 14.0. The van der Waals surface area contributed by atoms with Crippen molar-refractivity contribution >= 4 is 17.5 Å². The highest BCUT2D eigenvalue weighted by atomic mass is 16.2. The van der Waals surface area contributed by atoms with Crippen LogP contribution in [0, 0.1) is 5.92 Å². The molecule has 0 atom stereocenters. The summed E-state index contributed by atoms with van der Waals surface area (Å²) in [5, 5.41) is 2.83. The Bertz CT molecular complexity index is 460. The fourth-order valence-electron chi connectivity index (χ4n) is 2.01. The molecule has 2 rings (SSSR count). The maximum atomic E-state index is 11.9. The lowest BCUT2D eigenvalue weighted by atomic mass is 10.1. The van der Waals surface area contributed by atoms with E-state index in [1.54, 1.807) is 29.2 Å². The van der Waals surface area contributed by atoms with E-state index in [1.807, 2.05) is 13.8 Å². The monoisotopic (exact) mass is 260 g/mol. The standard InChI is InChI=1S/C15H20N2O2/c1-3-17(4-2)15(19)16-13-9-7-12(8-10-13)14(18)11-5-6-11/h7-11H,3-6H2,1-2H3,(H,16,19). The number of hydrogen-bond acceptors (Lipinski definition) is 2. The molecular weight excluding hydrogens is 240 g/mol. The van der Waals surface area contributed by atoms with Gasteiger partial charge >= 0.3 is 6.03 Å². The van der Waals surface area contributed by atoms with E-state index in [2.05, 4.69) is 5.32 Å². The highest BCUT2D eigenvalue weighted by Crippen LogP contribution is 2.32. The minimum Gasteiger partial charge on any atom is -0.325 e. The second-order valence-corrected chi connectivity index (χ2v) is 4.82. The van der Waals surface area contributed by atoms with Crippen molar-refractivity contribution in [1.82, 2.24) is 4.90 Å². The van der Waals surface area contributed by atoms with Gasteiger partial charge in [0.2, 0.25) is 0 Å². The minimum absolute atomic E-state index is 0.105. The van der Waals surface area contributed by atoms with Crippen LogP contribution >= 0.6 is 0 Å². The van der Waals surface area contributed by atoms with Crippen LogP contribution in [0.1, 0.15) is 37.0 Å². The second kappa shape index (κ2) is 5.87. The number of hydrogen-bond donors (Lipinski definition) is 1. The van der Waals surface area contributed by atoms with Crippen LogP contribution in [0.2, 0.25) is 0 Å². The van der Waals surface area contributed by atoms with E-state index in [4.69, 9.17) is 0 Å². The van der Waals surface area contributed by atoms with Crippen LogP contribution in [0.15, 0.2) is 24.3 Å². The molecule has 1 aliphatic carbocycles. The van der Waals surface area contributed by atoms with Crippen molar-refractivity contribution in [3.8, 4) is 0 Å². The number of carbonyl (C=O) groups excluding carboxylic acids is 2. The maximum absolute atomic E-state index is 11.9. The van der Waals surface area contributed by atoms with Gasteiger partial charge in [-0.15, -0.1) is 0 Å². The summed E-state index contributed by atoms with van der Waals surface area (Å²) in [6.07, 6.45) is 2.03. The number of nitrogens with one attached hydrogen (secondary N) is 1. The van der Waals surface area contributed by atoms with Crippen LogP contribution in [-0.2, 0) is 0 Å². The van der Waals surface area contributed by atoms with Crippen LogP contribution in [0.5, 0.6) is 0 Å². The molecule has 0 aliphatic heterocycles. The van der Waals surface area contributed by atoms with Gasteiger partial charge in [0.05, 0.1) is 0 Å². The van der Waals surface area contributed by atoms with Gasteiger partial charge in [-0.05, 0) is 51.0 Å². The van der Waals surface area contributed by atoms with Gasteiger partial charge in [0.25, 0.3) is 0 Å². The number of rotatable bonds is 5. The van der Waals surface area contributed by atoms with E-state index in [0.717, 1.165) is 24.1 Å². The van der Waals surface area contributed by atoms with Gasteiger partial charge in [-0.1, -0.05) is 0 Å². The molecule has 1 aromatic rings. The molecule has 2 amide bonds. The number of amides is 2. The molecule has 0 bridgehead atoms.